The summed E-state index contributed by atoms with van der Waals surface area (Å²) in [7, 11) is 0. The van der Waals surface area contributed by atoms with Gasteiger partial charge in [-0.2, -0.15) is 0 Å². The number of non-ortho nitro benzene ring substituents is 2. The summed E-state index contributed by atoms with van der Waals surface area (Å²) >= 11 is 1.01. The Morgan fingerprint density at radius 3 is 2.57 bits per heavy atom. The van der Waals surface area contributed by atoms with Crippen LogP contribution < -0.4 is 5.32 Å². The SMILES string of the molecule is O=C(N=Nc1c(O)[nH]c2ccc([N+](=O)[O-])cc12)Nc1nc2ccc([N+](=O)[O-])cc2s1. The van der Waals surface area contributed by atoms with Crippen molar-refractivity contribution in [3.05, 3.63) is 56.6 Å². The fraction of sp³-hybridized carbons (Fsp3) is 0. The first kappa shape index (κ1) is 18.9. The minimum Gasteiger partial charge on any atom is -0.493 e. The Labute approximate surface area is 169 Å². The van der Waals surface area contributed by atoms with Crippen LogP contribution in [0.5, 0.6) is 5.88 Å². The molecule has 2 amide bonds. The first-order valence-corrected chi connectivity index (χ1v) is 8.90. The molecule has 0 spiro atoms. The molecule has 150 valence electrons. The first-order chi connectivity index (χ1) is 14.3. The average molecular weight is 427 g/mol. The number of fused-ring (bicyclic) bond motifs is 2. The Morgan fingerprint density at radius 1 is 1.13 bits per heavy atom. The highest BCUT2D eigenvalue weighted by atomic mass is 32.1. The van der Waals surface area contributed by atoms with Gasteiger partial charge in [-0.05, 0) is 12.1 Å². The van der Waals surface area contributed by atoms with Gasteiger partial charge in [-0.15, -0.1) is 5.11 Å². The zero-order valence-electron chi connectivity index (χ0n) is 14.6. The molecule has 0 atom stereocenters. The van der Waals surface area contributed by atoms with E-state index in [1.54, 1.807) is 0 Å². The van der Waals surface area contributed by atoms with E-state index in [0.29, 0.717) is 15.7 Å². The summed E-state index contributed by atoms with van der Waals surface area (Å²) < 4.78 is 0.498. The zero-order valence-corrected chi connectivity index (χ0v) is 15.4. The number of aromatic amines is 1. The molecule has 30 heavy (non-hydrogen) atoms. The number of aromatic nitrogens is 2. The van der Waals surface area contributed by atoms with Crippen LogP contribution in [0.1, 0.15) is 0 Å². The molecule has 0 saturated heterocycles. The maximum Gasteiger partial charge on any atom is 0.365 e. The maximum atomic E-state index is 12.1. The number of H-pyrrole nitrogens is 1. The Hall–Kier alpha value is -4.46. The lowest BCUT2D eigenvalue weighted by atomic mass is 10.2. The van der Waals surface area contributed by atoms with E-state index in [4.69, 9.17) is 0 Å². The summed E-state index contributed by atoms with van der Waals surface area (Å²) in [6, 6.07) is 7.02. The fourth-order valence-electron chi connectivity index (χ4n) is 2.66. The molecule has 0 radical (unpaired) electrons. The highest BCUT2D eigenvalue weighted by Crippen LogP contribution is 2.37. The average Bonchev–Trinajstić information content (AvgIpc) is 3.24. The number of nitrogens with one attached hydrogen (secondary N) is 2. The number of rotatable bonds is 4. The maximum absolute atomic E-state index is 12.1. The van der Waals surface area contributed by atoms with Gasteiger partial charge in [-0.3, -0.25) is 25.5 Å². The number of carbonyl (C=O) groups excluding carboxylic acids is 1. The third-order valence-corrected chi connectivity index (χ3v) is 4.92. The number of nitrogens with zero attached hydrogens (tertiary/aromatic N) is 5. The lowest BCUT2D eigenvalue weighted by molar-refractivity contribution is -0.384. The molecule has 13 nitrogen and oxygen atoms in total. The Balaban J connectivity index is 1.57. The summed E-state index contributed by atoms with van der Waals surface area (Å²) in [5, 5.41) is 41.6. The van der Waals surface area contributed by atoms with Crippen molar-refractivity contribution < 1.29 is 19.7 Å². The van der Waals surface area contributed by atoms with Gasteiger partial charge in [0.05, 0.1) is 25.6 Å². The van der Waals surface area contributed by atoms with Crippen molar-refractivity contribution in [2.75, 3.05) is 5.32 Å². The summed E-state index contributed by atoms with van der Waals surface area (Å²) in [6.45, 7) is 0. The molecule has 0 bridgehead atoms. The number of anilines is 1. The molecule has 14 heteroatoms. The van der Waals surface area contributed by atoms with Crippen LogP contribution in [0.15, 0.2) is 46.6 Å². The van der Waals surface area contributed by atoms with Gasteiger partial charge >= 0.3 is 6.03 Å². The second kappa shape index (κ2) is 7.17. The second-order valence-electron chi connectivity index (χ2n) is 5.87. The van der Waals surface area contributed by atoms with Gasteiger partial charge in [-0.1, -0.05) is 16.5 Å². The van der Waals surface area contributed by atoms with E-state index >= 15 is 0 Å². The highest BCUT2D eigenvalue weighted by molar-refractivity contribution is 7.22. The number of hydrogen-bond donors (Lipinski definition) is 3. The van der Waals surface area contributed by atoms with Crippen LogP contribution in [0.4, 0.5) is 27.0 Å². The number of amides is 2. The third-order valence-electron chi connectivity index (χ3n) is 3.98. The van der Waals surface area contributed by atoms with Crippen LogP contribution in [0.25, 0.3) is 21.1 Å². The normalized spacial score (nSPS) is 11.3. The lowest BCUT2D eigenvalue weighted by Crippen LogP contribution is -2.04. The molecule has 0 aliphatic heterocycles. The van der Waals surface area contributed by atoms with E-state index < -0.39 is 21.8 Å². The molecule has 0 saturated carbocycles. The van der Waals surface area contributed by atoms with Gasteiger partial charge in [0.15, 0.2) is 10.8 Å². The van der Waals surface area contributed by atoms with E-state index in [-0.39, 0.29) is 27.6 Å². The van der Waals surface area contributed by atoms with Crippen molar-refractivity contribution in [1.29, 1.82) is 0 Å². The number of nitro groups is 2. The van der Waals surface area contributed by atoms with E-state index in [2.05, 4.69) is 25.5 Å². The number of carbonyl (C=O) groups is 1. The summed E-state index contributed by atoms with van der Waals surface area (Å²) in [5.41, 5.74) is 0.377. The van der Waals surface area contributed by atoms with Gasteiger partial charge in [-0.25, -0.2) is 9.78 Å². The molecular formula is C16H9N7O6S. The van der Waals surface area contributed by atoms with Gasteiger partial charge in [0, 0.05) is 29.7 Å². The molecule has 0 unspecified atom stereocenters. The predicted octanol–water partition coefficient (Wildman–Crippen LogP) is 4.62. The number of aromatic hydroxyl groups is 1. The number of urea groups is 1. The number of hydrogen-bond acceptors (Lipinski definition) is 9. The second-order valence-corrected chi connectivity index (χ2v) is 6.90. The van der Waals surface area contributed by atoms with Gasteiger partial charge in [0.2, 0.25) is 5.88 Å². The van der Waals surface area contributed by atoms with Crippen LogP contribution in [0.3, 0.4) is 0 Å². The van der Waals surface area contributed by atoms with E-state index in [9.17, 15) is 30.1 Å². The number of thiazole rings is 1. The van der Waals surface area contributed by atoms with E-state index in [1.165, 1.54) is 36.4 Å². The Morgan fingerprint density at radius 2 is 1.83 bits per heavy atom. The van der Waals surface area contributed by atoms with E-state index in [0.717, 1.165) is 11.3 Å². The van der Waals surface area contributed by atoms with Gasteiger partial charge in [0.1, 0.15) is 0 Å². The quantitative estimate of drug-likeness (QED) is 0.240. The molecule has 2 heterocycles. The highest BCUT2D eigenvalue weighted by Gasteiger charge is 2.16. The molecule has 3 N–H and O–H groups in total. The first-order valence-electron chi connectivity index (χ1n) is 8.08. The molecule has 0 fully saturated rings. The zero-order chi connectivity index (χ0) is 21.4. The minimum absolute atomic E-state index is 0.104. The van der Waals surface area contributed by atoms with Crippen molar-refractivity contribution in [3.8, 4) is 5.88 Å². The minimum atomic E-state index is -0.914. The molecule has 2 aromatic heterocycles. The van der Waals surface area contributed by atoms with Crippen LogP contribution in [0, 0.1) is 20.2 Å². The molecule has 4 aromatic rings. The third kappa shape index (κ3) is 3.49. The summed E-state index contributed by atoms with van der Waals surface area (Å²) in [6.07, 6.45) is 0. The Kier molecular flexibility index (Phi) is 4.51. The van der Waals surface area contributed by atoms with Crippen molar-refractivity contribution >= 4 is 60.7 Å². The van der Waals surface area contributed by atoms with Crippen LogP contribution in [-0.2, 0) is 0 Å². The fourth-order valence-corrected chi connectivity index (χ4v) is 3.55. The van der Waals surface area contributed by atoms with Crippen LogP contribution >= 0.6 is 11.3 Å². The molecule has 2 aromatic carbocycles. The number of azo groups is 1. The Bertz CT molecular complexity index is 1380. The standard InChI is InChI=1S/C16H9N7O6S/c24-14-13(9-5-7(22(26)27)1-3-10(9)17-14)20-21-15(25)19-16-18-11-4-2-8(23(28)29)6-12(11)30-16/h1-6,17,24H,(H,18,19,25). The van der Waals surface area contributed by atoms with Crippen LogP contribution in [-0.4, -0.2) is 31.0 Å². The number of nitro benzene ring substituents is 2. The van der Waals surface area contributed by atoms with Gasteiger partial charge < -0.3 is 10.1 Å². The largest absolute Gasteiger partial charge is 0.493 e. The molecule has 0 aliphatic rings. The van der Waals surface area contributed by atoms with Crippen molar-refractivity contribution in [3.63, 3.8) is 0 Å². The molecule has 4 rings (SSSR count). The predicted molar refractivity (Wildman–Crippen MR) is 106 cm³/mol. The lowest BCUT2D eigenvalue weighted by Gasteiger charge is -1.95. The molecule has 0 aliphatic carbocycles. The van der Waals surface area contributed by atoms with Crippen molar-refractivity contribution in [2.24, 2.45) is 10.2 Å². The van der Waals surface area contributed by atoms with Crippen LogP contribution in [0.2, 0.25) is 0 Å². The summed E-state index contributed by atoms with van der Waals surface area (Å²) in [4.78, 5) is 39.4. The summed E-state index contributed by atoms with van der Waals surface area (Å²) in [5.74, 6) is -0.408. The topological polar surface area (TPSA) is 189 Å². The smallest absolute Gasteiger partial charge is 0.365 e. The molecular weight excluding hydrogens is 418 g/mol. The monoisotopic (exact) mass is 427 g/mol. The van der Waals surface area contributed by atoms with Crippen molar-refractivity contribution in [1.82, 2.24) is 9.97 Å². The number of benzene rings is 2. The van der Waals surface area contributed by atoms with E-state index in [1.807, 2.05) is 0 Å². The van der Waals surface area contributed by atoms with Crippen molar-refractivity contribution in [2.45, 2.75) is 0 Å². The van der Waals surface area contributed by atoms with Gasteiger partial charge in [0.25, 0.3) is 11.4 Å².